The van der Waals surface area contributed by atoms with E-state index in [0.717, 1.165) is 17.7 Å². The predicted molar refractivity (Wildman–Crippen MR) is 87.7 cm³/mol. The molecule has 0 aliphatic rings. The Kier molecular flexibility index (Phi) is 5.43. The molecule has 0 bridgehead atoms. The summed E-state index contributed by atoms with van der Waals surface area (Å²) in [6.45, 7) is 3.18. The molecule has 0 saturated heterocycles. The van der Waals surface area contributed by atoms with Gasteiger partial charge in [-0.15, -0.1) is 0 Å². The number of esters is 1. The second kappa shape index (κ2) is 7.52. The van der Waals surface area contributed by atoms with Gasteiger partial charge in [-0.05, 0) is 38.1 Å². The van der Waals surface area contributed by atoms with Crippen LogP contribution in [-0.4, -0.2) is 22.9 Å². The van der Waals surface area contributed by atoms with Gasteiger partial charge in [-0.2, -0.15) is 4.39 Å². The standard InChI is InChI=1S/C17H15FN2O5/c1-10-4-3-5-12(8-10)17(22)25-11(2)16(21)19-13-6-7-14(18)15(9-13)20(23)24/h3-9,11H,1-2H3,(H,19,21). The summed E-state index contributed by atoms with van der Waals surface area (Å²) in [5.41, 5.74) is 0.431. The minimum atomic E-state index is -1.14. The van der Waals surface area contributed by atoms with Gasteiger partial charge in [0.15, 0.2) is 6.10 Å². The van der Waals surface area contributed by atoms with Crippen molar-refractivity contribution in [3.8, 4) is 0 Å². The van der Waals surface area contributed by atoms with Gasteiger partial charge in [0.2, 0.25) is 5.82 Å². The number of nitrogens with zero attached hydrogens (tertiary/aromatic N) is 1. The van der Waals surface area contributed by atoms with Crippen LogP contribution in [0.4, 0.5) is 15.8 Å². The van der Waals surface area contributed by atoms with Gasteiger partial charge in [0, 0.05) is 11.8 Å². The summed E-state index contributed by atoms with van der Waals surface area (Å²) in [4.78, 5) is 33.9. The van der Waals surface area contributed by atoms with Crippen LogP contribution in [0.5, 0.6) is 0 Å². The van der Waals surface area contributed by atoms with Crippen LogP contribution >= 0.6 is 0 Å². The molecule has 0 aliphatic carbocycles. The van der Waals surface area contributed by atoms with E-state index in [1.54, 1.807) is 18.2 Å². The Bertz CT molecular complexity index is 838. The molecule has 0 heterocycles. The number of hydrogen-bond donors (Lipinski definition) is 1. The second-order valence-corrected chi connectivity index (χ2v) is 5.33. The van der Waals surface area contributed by atoms with Crippen molar-refractivity contribution in [2.45, 2.75) is 20.0 Å². The first-order valence-electron chi connectivity index (χ1n) is 7.30. The molecular formula is C17H15FN2O5. The van der Waals surface area contributed by atoms with Gasteiger partial charge in [-0.3, -0.25) is 14.9 Å². The maximum absolute atomic E-state index is 13.3. The largest absolute Gasteiger partial charge is 0.449 e. The van der Waals surface area contributed by atoms with E-state index >= 15 is 0 Å². The predicted octanol–water partition coefficient (Wildman–Crippen LogP) is 3.23. The van der Waals surface area contributed by atoms with Crippen LogP contribution in [0.2, 0.25) is 0 Å². The van der Waals surface area contributed by atoms with Crippen molar-refractivity contribution >= 4 is 23.3 Å². The molecule has 2 aromatic carbocycles. The first-order chi connectivity index (χ1) is 11.8. The molecule has 25 heavy (non-hydrogen) atoms. The zero-order valence-corrected chi connectivity index (χ0v) is 13.5. The van der Waals surface area contributed by atoms with E-state index in [-0.39, 0.29) is 5.69 Å². The molecule has 7 nitrogen and oxygen atoms in total. The molecule has 0 aliphatic heterocycles. The first-order valence-corrected chi connectivity index (χ1v) is 7.30. The molecule has 0 saturated carbocycles. The van der Waals surface area contributed by atoms with Crippen LogP contribution in [-0.2, 0) is 9.53 Å². The molecule has 8 heteroatoms. The minimum absolute atomic E-state index is 0.0246. The number of carbonyl (C=O) groups excluding carboxylic acids is 2. The van der Waals surface area contributed by atoms with Gasteiger partial charge in [-0.25, -0.2) is 4.79 Å². The SMILES string of the molecule is Cc1cccc(C(=O)OC(C)C(=O)Nc2ccc(F)c([N+](=O)[O-])c2)c1. The zero-order valence-electron chi connectivity index (χ0n) is 13.5. The van der Waals surface area contributed by atoms with E-state index in [0.29, 0.717) is 5.56 Å². The summed E-state index contributed by atoms with van der Waals surface area (Å²) in [7, 11) is 0. The average molecular weight is 346 g/mol. The van der Waals surface area contributed by atoms with Crippen molar-refractivity contribution in [2.24, 2.45) is 0 Å². The Morgan fingerprint density at radius 3 is 2.60 bits per heavy atom. The number of nitrogens with one attached hydrogen (secondary N) is 1. The third kappa shape index (κ3) is 4.60. The van der Waals surface area contributed by atoms with Crippen LogP contribution in [0.3, 0.4) is 0 Å². The molecule has 0 fully saturated rings. The molecule has 2 aromatic rings. The summed E-state index contributed by atoms with van der Waals surface area (Å²) in [6, 6.07) is 9.62. The molecule has 0 radical (unpaired) electrons. The van der Waals surface area contributed by atoms with Crippen LogP contribution in [0, 0.1) is 22.9 Å². The Morgan fingerprint density at radius 2 is 1.96 bits per heavy atom. The summed E-state index contributed by atoms with van der Waals surface area (Å²) in [6.07, 6.45) is -1.14. The molecule has 1 atom stereocenters. The highest BCUT2D eigenvalue weighted by atomic mass is 19.1. The minimum Gasteiger partial charge on any atom is -0.449 e. The zero-order chi connectivity index (χ0) is 18.6. The van der Waals surface area contributed by atoms with Gasteiger partial charge in [0.25, 0.3) is 5.91 Å². The van der Waals surface area contributed by atoms with Crippen LogP contribution in [0.25, 0.3) is 0 Å². The summed E-state index contributed by atoms with van der Waals surface area (Å²) >= 11 is 0. The van der Waals surface area contributed by atoms with Gasteiger partial charge in [0.1, 0.15) is 0 Å². The van der Waals surface area contributed by atoms with Crippen molar-refractivity contribution in [2.75, 3.05) is 5.32 Å². The molecule has 1 amide bonds. The fourth-order valence-corrected chi connectivity index (χ4v) is 2.03. The Hall–Kier alpha value is -3.29. The van der Waals surface area contributed by atoms with E-state index in [1.807, 2.05) is 13.0 Å². The Morgan fingerprint density at radius 1 is 1.24 bits per heavy atom. The number of amides is 1. The third-order valence-corrected chi connectivity index (χ3v) is 3.32. The fraction of sp³-hybridized carbons (Fsp3) is 0.176. The number of nitro benzene ring substituents is 1. The lowest BCUT2D eigenvalue weighted by atomic mass is 10.1. The van der Waals surface area contributed by atoms with Gasteiger partial charge in [-0.1, -0.05) is 17.7 Å². The van der Waals surface area contributed by atoms with Crippen molar-refractivity contribution in [3.63, 3.8) is 0 Å². The topological polar surface area (TPSA) is 98.5 Å². The first kappa shape index (κ1) is 18.1. The summed E-state index contributed by atoms with van der Waals surface area (Å²) in [5.74, 6) is -2.37. The van der Waals surface area contributed by atoms with Gasteiger partial charge >= 0.3 is 11.7 Å². The van der Waals surface area contributed by atoms with Crippen molar-refractivity contribution in [1.82, 2.24) is 0 Å². The highest BCUT2D eigenvalue weighted by Gasteiger charge is 2.21. The second-order valence-electron chi connectivity index (χ2n) is 5.33. The number of ether oxygens (including phenoxy) is 1. The quantitative estimate of drug-likeness (QED) is 0.509. The van der Waals surface area contributed by atoms with Crippen LogP contribution < -0.4 is 5.32 Å². The molecule has 0 aromatic heterocycles. The number of hydrogen-bond acceptors (Lipinski definition) is 5. The number of rotatable bonds is 5. The smallest absolute Gasteiger partial charge is 0.338 e. The van der Waals surface area contributed by atoms with Crippen molar-refractivity contribution < 1.29 is 23.6 Å². The lowest BCUT2D eigenvalue weighted by Gasteiger charge is -2.13. The lowest BCUT2D eigenvalue weighted by Crippen LogP contribution is -2.30. The van der Waals surface area contributed by atoms with Gasteiger partial charge in [0.05, 0.1) is 10.5 Å². The van der Waals surface area contributed by atoms with E-state index < -0.39 is 34.4 Å². The highest BCUT2D eigenvalue weighted by Crippen LogP contribution is 2.21. The van der Waals surface area contributed by atoms with Crippen molar-refractivity contribution in [3.05, 3.63) is 69.5 Å². The maximum atomic E-state index is 13.3. The normalized spacial score (nSPS) is 11.5. The van der Waals surface area contributed by atoms with E-state index in [1.165, 1.54) is 13.0 Å². The molecular weight excluding hydrogens is 331 g/mol. The molecule has 130 valence electrons. The number of carbonyl (C=O) groups is 2. The number of benzene rings is 2. The van der Waals surface area contributed by atoms with Crippen LogP contribution in [0.1, 0.15) is 22.8 Å². The Labute approximate surface area is 142 Å². The highest BCUT2D eigenvalue weighted by molar-refractivity contribution is 5.97. The number of anilines is 1. The van der Waals surface area contributed by atoms with E-state index in [2.05, 4.69) is 5.32 Å². The Balaban J connectivity index is 2.04. The molecule has 1 N–H and O–H groups in total. The van der Waals surface area contributed by atoms with Crippen LogP contribution in [0.15, 0.2) is 42.5 Å². The monoisotopic (exact) mass is 346 g/mol. The fourth-order valence-electron chi connectivity index (χ4n) is 2.03. The number of halogens is 1. The third-order valence-electron chi connectivity index (χ3n) is 3.32. The lowest BCUT2D eigenvalue weighted by molar-refractivity contribution is -0.387. The number of nitro groups is 1. The van der Waals surface area contributed by atoms with Gasteiger partial charge < -0.3 is 10.1 Å². The molecule has 1 unspecified atom stereocenters. The van der Waals surface area contributed by atoms with E-state index in [9.17, 15) is 24.1 Å². The maximum Gasteiger partial charge on any atom is 0.338 e. The summed E-state index contributed by atoms with van der Waals surface area (Å²) in [5, 5.41) is 13.1. The average Bonchev–Trinajstić information content (AvgIpc) is 2.56. The number of aryl methyl sites for hydroxylation is 1. The molecule has 0 spiro atoms. The van der Waals surface area contributed by atoms with Crippen molar-refractivity contribution in [1.29, 1.82) is 0 Å². The molecule has 2 rings (SSSR count). The summed E-state index contributed by atoms with van der Waals surface area (Å²) < 4.78 is 18.4. The van der Waals surface area contributed by atoms with E-state index in [4.69, 9.17) is 4.74 Å².